The number of nitrogens with zero attached hydrogens (tertiary/aromatic N) is 3. The summed E-state index contributed by atoms with van der Waals surface area (Å²) in [6, 6.07) is 8.04. The highest BCUT2D eigenvalue weighted by Crippen LogP contribution is 2.36. The predicted octanol–water partition coefficient (Wildman–Crippen LogP) is 3.59. The highest BCUT2D eigenvalue weighted by atomic mass is 32.2. The molecule has 0 spiro atoms. The molecule has 0 unspecified atom stereocenters. The third-order valence-corrected chi connectivity index (χ3v) is 6.99. The molecule has 0 radical (unpaired) electrons. The molecule has 1 aromatic heterocycles. The summed E-state index contributed by atoms with van der Waals surface area (Å²) >= 11 is 0. The Balaban J connectivity index is 1.68. The number of imidazole rings is 1. The monoisotopic (exact) mass is 480 g/mol. The zero-order valence-electron chi connectivity index (χ0n) is 17.5. The molecule has 2 heterocycles. The molecule has 0 fully saturated rings. The van der Waals surface area contributed by atoms with Crippen molar-refractivity contribution < 1.29 is 31.1 Å². The van der Waals surface area contributed by atoms with Crippen molar-refractivity contribution in [1.29, 1.82) is 0 Å². The van der Waals surface area contributed by atoms with Gasteiger partial charge in [-0.05, 0) is 49.4 Å². The largest absolute Gasteiger partial charge is 0.490 e. The number of benzene rings is 2. The minimum Gasteiger partial charge on any atom is -0.490 e. The summed E-state index contributed by atoms with van der Waals surface area (Å²) < 4.78 is 73.5. The lowest BCUT2D eigenvalue weighted by atomic mass is 10.2. The molecule has 4 rings (SSSR count). The standard InChI is InChI=1S/C21H19F3N4O4S/c1-13-19(27(2)12-25-13)20(29)26-15-5-8-17-18(11-15)33(30,31)28(9-10-32-17)16-6-3-14(4-7-16)21(22,23)24/h3-8,11-12H,9-10H2,1-2H3,(H,26,29). The topological polar surface area (TPSA) is 93.5 Å². The van der Waals surface area contributed by atoms with E-state index in [2.05, 4.69) is 10.3 Å². The van der Waals surface area contributed by atoms with Gasteiger partial charge in [0.15, 0.2) is 0 Å². The summed E-state index contributed by atoms with van der Waals surface area (Å²) in [6.45, 7) is 1.57. The maximum atomic E-state index is 13.4. The van der Waals surface area contributed by atoms with Gasteiger partial charge in [0.25, 0.3) is 15.9 Å². The van der Waals surface area contributed by atoms with Crippen LogP contribution in [0.15, 0.2) is 53.7 Å². The van der Waals surface area contributed by atoms with Gasteiger partial charge in [0, 0.05) is 12.7 Å². The summed E-state index contributed by atoms with van der Waals surface area (Å²) in [5.74, 6) is -0.391. The Hall–Kier alpha value is -3.54. The molecule has 0 saturated heterocycles. The van der Waals surface area contributed by atoms with Gasteiger partial charge < -0.3 is 14.6 Å². The first-order valence-corrected chi connectivity index (χ1v) is 11.2. The van der Waals surface area contributed by atoms with Gasteiger partial charge >= 0.3 is 6.18 Å². The second-order valence-corrected chi connectivity index (χ2v) is 9.21. The minimum absolute atomic E-state index is 0.00677. The lowest BCUT2D eigenvalue weighted by Crippen LogP contribution is -2.32. The fourth-order valence-corrected chi connectivity index (χ4v) is 5.14. The molecule has 1 aliphatic heterocycles. The number of alkyl halides is 3. The summed E-state index contributed by atoms with van der Waals surface area (Å²) in [6.07, 6.45) is -3.05. The SMILES string of the molecule is Cc1ncn(C)c1C(=O)Nc1ccc2c(c1)S(=O)(=O)N(c1ccc(C(F)(F)F)cc1)CCO2. The van der Waals surface area contributed by atoms with Crippen LogP contribution in [-0.2, 0) is 23.2 Å². The second kappa shape index (κ2) is 8.10. The summed E-state index contributed by atoms with van der Waals surface area (Å²) in [5.41, 5.74) is 0.218. The average molecular weight is 480 g/mol. The number of nitrogens with one attached hydrogen (secondary N) is 1. The van der Waals surface area contributed by atoms with Crippen molar-refractivity contribution >= 4 is 27.3 Å². The van der Waals surface area contributed by atoms with Crippen LogP contribution in [0.2, 0.25) is 0 Å². The molecule has 1 N–H and O–H groups in total. The number of amides is 1. The van der Waals surface area contributed by atoms with E-state index in [1.54, 1.807) is 18.5 Å². The van der Waals surface area contributed by atoms with Gasteiger partial charge in [-0.1, -0.05) is 0 Å². The number of sulfonamides is 1. The van der Waals surface area contributed by atoms with Gasteiger partial charge in [-0.2, -0.15) is 13.2 Å². The number of carbonyl (C=O) groups is 1. The molecule has 0 bridgehead atoms. The molecule has 1 amide bonds. The van der Waals surface area contributed by atoms with E-state index in [1.165, 1.54) is 24.5 Å². The third kappa shape index (κ3) is 4.25. The first-order chi connectivity index (χ1) is 15.5. The van der Waals surface area contributed by atoms with Crippen molar-refractivity contribution in [2.45, 2.75) is 18.0 Å². The first kappa shape index (κ1) is 22.6. The van der Waals surface area contributed by atoms with Crippen LogP contribution in [0.25, 0.3) is 0 Å². The lowest BCUT2D eigenvalue weighted by molar-refractivity contribution is -0.137. The molecule has 1 aliphatic rings. The minimum atomic E-state index is -4.54. The number of halogens is 3. The number of hydrogen-bond donors (Lipinski definition) is 1. The molecular weight excluding hydrogens is 461 g/mol. The van der Waals surface area contributed by atoms with Crippen LogP contribution in [-0.4, -0.2) is 37.0 Å². The van der Waals surface area contributed by atoms with Crippen LogP contribution in [0.4, 0.5) is 24.5 Å². The van der Waals surface area contributed by atoms with E-state index in [9.17, 15) is 26.4 Å². The van der Waals surface area contributed by atoms with Gasteiger partial charge in [0.1, 0.15) is 22.9 Å². The quantitative estimate of drug-likeness (QED) is 0.619. The van der Waals surface area contributed by atoms with Crippen LogP contribution in [0, 0.1) is 6.92 Å². The Kier molecular flexibility index (Phi) is 5.56. The average Bonchev–Trinajstić information content (AvgIpc) is 3.02. The highest BCUT2D eigenvalue weighted by Gasteiger charge is 2.34. The highest BCUT2D eigenvalue weighted by molar-refractivity contribution is 7.93. The maximum Gasteiger partial charge on any atom is 0.416 e. The van der Waals surface area contributed by atoms with E-state index in [-0.39, 0.29) is 35.2 Å². The Bertz CT molecular complexity index is 1300. The van der Waals surface area contributed by atoms with E-state index >= 15 is 0 Å². The smallest absolute Gasteiger partial charge is 0.416 e. The summed E-state index contributed by atoms with van der Waals surface area (Å²) in [7, 11) is -2.53. The van der Waals surface area contributed by atoms with Crippen molar-refractivity contribution in [3.05, 3.63) is 65.7 Å². The van der Waals surface area contributed by atoms with Gasteiger partial charge in [-0.25, -0.2) is 13.4 Å². The predicted molar refractivity (Wildman–Crippen MR) is 114 cm³/mol. The molecule has 0 aliphatic carbocycles. The van der Waals surface area contributed by atoms with Crippen LogP contribution in [0.1, 0.15) is 21.7 Å². The fraction of sp³-hybridized carbons (Fsp3) is 0.238. The number of aryl methyl sites for hydroxylation is 2. The molecule has 12 heteroatoms. The zero-order valence-corrected chi connectivity index (χ0v) is 18.4. The Morgan fingerprint density at radius 2 is 1.85 bits per heavy atom. The molecule has 2 aromatic carbocycles. The maximum absolute atomic E-state index is 13.4. The Labute approximate surface area is 187 Å². The van der Waals surface area contributed by atoms with Crippen molar-refractivity contribution in [1.82, 2.24) is 9.55 Å². The van der Waals surface area contributed by atoms with E-state index in [0.717, 1.165) is 28.6 Å². The summed E-state index contributed by atoms with van der Waals surface area (Å²) in [5, 5.41) is 2.65. The zero-order chi connectivity index (χ0) is 24.0. The van der Waals surface area contributed by atoms with Gasteiger partial charge in [0.2, 0.25) is 0 Å². The number of fused-ring (bicyclic) bond motifs is 1. The number of hydrogen-bond acceptors (Lipinski definition) is 5. The van der Waals surface area contributed by atoms with Crippen molar-refractivity contribution in [3.8, 4) is 5.75 Å². The number of ether oxygens (including phenoxy) is 1. The number of rotatable bonds is 3. The van der Waals surface area contributed by atoms with Crippen LogP contribution in [0.3, 0.4) is 0 Å². The summed E-state index contributed by atoms with van der Waals surface area (Å²) in [4.78, 5) is 16.5. The van der Waals surface area contributed by atoms with E-state index < -0.39 is 27.7 Å². The van der Waals surface area contributed by atoms with Crippen molar-refractivity contribution in [2.75, 3.05) is 22.8 Å². The third-order valence-electron chi connectivity index (χ3n) is 5.14. The molecular formula is C21H19F3N4O4S. The number of aromatic nitrogens is 2. The normalized spacial score (nSPS) is 15.4. The molecule has 8 nitrogen and oxygen atoms in total. The van der Waals surface area contributed by atoms with Gasteiger partial charge in [-0.3, -0.25) is 9.10 Å². The number of anilines is 2. The molecule has 33 heavy (non-hydrogen) atoms. The van der Waals surface area contributed by atoms with Crippen molar-refractivity contribution in [2.24, 2.45) is 7.05 Å². The Morgan fingerprint density at radius 3 is 2.45 bits per heavy atom. The Morgan fingerprint density at radius 1 is 1.15 bits per heavy atom. The number of carbonyl (C=O) groups excluding carboxylic acids is 1. The molecule has 0 saturated carbocycles. The van der Waals surface area contributed by atoms with Crippen LogP contribution in [0.5, 0.6) is 5.75 Å². The van der Waals surface area contributed by atoms with Crippen LogP contribution >= 0.6 is 0 Å². The van der Waals surface area contributed by atoms with Gasteiger partial charge in [0.05, 0.1) is 29.8 Å². The molecule has 174 valence electrons. The van der Waals surface area contributed by atoms with Crippen molar-refractivity contribution in [3.63, 3.8) is 0 Å². The second-order valence-electron chi connectivity index (χ2n) is 7.38. The molecule has 3 aromatic rings. The first-order valence-electron chi connectivity index (χ1n) is 9.74. The fourth-order valence-electron chi connectivity index (χ4n) is 3.53. The molecule has 0 atom stereocenters. The van der Waals surface area contributed by atoms with Crippen LogP contribution < -0.4 is 14.4 Å². The lowest BCUT2D eigenvalue weighted by Gasteiger charge is -2.22. The van der Waals surface area contributed by atoms with E-state index in [4.69, 9.17) is 4.74 Å². The van der Waals surface area contributed by atoms with Gasteiger partial charge in [-0.15, -0.1) is 0 Å². The van der Waals surface area contributed by atoms with E-state index in [1.807, 2.05) is 0 Å². The van der Waals surface area contributed by atoms with E-state index in [0.29, 0.717) is 11.4 Å².